The molecule has 2 rings (SSSR count). The van der Waals surface area contributed by atoms with Crippen molar-refractivity contribution in [3.05, 3.63) is 35.4 Å². The first-order chi connectivity index (χ1) is 9.28. The van der Waals surface area contributed by atoms with E-state index < -0.39 is 0 Å². The molecule has 1 saturated carbocycles. The molecule has 0 atom stereocenters. The van der Waals surface area contributed by atoms with Gasteiger partial charge in [-0.15, -0.1) is 0 Å². The van der Waals surface area contributed by atoms with Crippen LogP contribution in [0.5, 0.6) is 0 Å². The topological polar surface area (TPSA) is 41.1 Å². The van der Waals surface area contributed by atoms with Crippen LogP contribution in [0.1, 0.15) is 30.9 Å². The molecule has 104 valence electrons. The van der Waals surface area contributed by atoms with E-state index in [2.05, 4.69) is 41.8 Å². The minimum absolute atomic E-state index is 0.103. The highest BCUT2D eigenvalue weighted by Gasteiger charge is 2.20. The van der Waals surface area contributed by atoms with Crippen LogP contribution in [0, 0.1) is 5.92 Å². The first kappa shape index (κ1) is 14.1. The fourth-order valence-electron chi connectivity index (χ4n) is 2.06. The highest BCUT2D eigenvalue weighted by molar-refractivity contribution is 5.77. The smallest absolute Gasteiger partial charge is 0.233 e. The summed E-state index contributed by atoms with van der Waals surface area (Å²) in [5.74, 6) is 0.927. The van der Waals surface area contributed by atoms with Crippen LogP contribution in [0.15, 0.2) is 24.3 Å². The van der Waals surface area contributed by atoms with Gasteiger partial charge in [-0.2, -0.15) is 0 Å². The van der Waals surface area contributed by atoms with Crippen molar-refractivity contribution in [2.75, 3.05) is 19.6 Å². The Bertz CT molecular complexity index is 396. The molecule has 2 N–H and O–H groups in total. The summed E-state index contributed by atoms with van der Waals surface area (Å²) in [5.41, 5.74) is 2.64. The molecule has 0 saturated heterocycles. The summed E-state index contributed by atoms with van der Waals surface area (Å²) in [7, 11) is 0. The Hall–Kier alpha value is -1.35. The molecular formula is C16H24N2O. The minimum Gasteiger partial charge on any atom is -0.355 e. The summed E-state index contributed by atoms with van der Waals surface area (Å²) in [6.45, 7) is 4.32. The predicted molar refractivity (Wildman–Crippen MR) is 78.1 cm³/mol. The van der Waals surface area contributed by atoms with Crippen LogP contribution >= 0.6 is 0 Å². The fraction of sp³-hybridized carbons (Fsp3) is 0.562. The van der Waals surface area contributed by atoms with E-state index in [0.717, 1.165) is 31.8 Å². The molecule has 3 heteroatoms. The third-order valence-corrected chi connectivity index (χ3v) is 3.58. The third-order valence-electron chi connectivity index (χ3n) is 3.58. The van der Waals surface area contributed by atoms with Crippen molar-refractivity contribution < 1.29 is 4.79 Å². The highest BCUT2D eigenvalue weighted by atomic mass is 16.1. The minimum atomic E-state index is 0.103. The molecule has 3 nitrogen and oxygen atoms in total. The molecule has 19 heavy (non-hydrogen) atoms. The second-order valence-electron chi connectivity index (χ2n) is 5.34. The predicted octanol–water partition coefficient (Wildman–Crippen LogP) is 1.91. The number of carbonyl (C=O) groups excluding carboxylic acids is 1. The lowest BCUT2D eigenvalue weighted by atomic mass is 10.1. The van der Waals surface area contributed by atoms with Gasteiger partial charge in [-0.1, -0.05) is 31.2 Å². The molecule has 0 unspecified atom stereocenters. The van der Waals surface area contributed by atoms with E-state index >= 15 is 0 Å². The van der Waals surface area contributed by atoms with Gasteiger partial charge in [-0.25, -0.2) is 0 Å². The van der Waals surface area contributed by atoms with Gasteiger partial charge in [-0.3, -0.25) is 4.79 Å². The number of aryl methyl sites for hydroxylation is 1. The number of benzene rings is 1. The third kappa shape index (κ3) is 5.43. The van der Waals surface area contributed by atoms with Gasteiger partial charge in [0.25, 0.3) is 0 Å². The van der Waals surface area contributed by atoms with Gasteiger partial charge < -0.3 is 10.6 Å². The summed E-state index contributed by atoms with van der Waals surface area (Å²) >= 11 is 0. The van der Waals surface area contributed by atoms with Crippen LogP contribution in [0.4, 0.5) is 0 Å². The zero-order valence-electron chi connectivity index (χ0n) is 11.7. The van der Waals surface area contributed by atoms with Crippen molar-refractivity contribution >= 4 is 5.91 Å². The van der Waals surface area contributed by atoms with Crippen molar-refractivity contribution in [3.8, 4) is 0 Å². The lowest BCUT2D eigenvalue weighted by Crippen LogP contribution is -2.35. The quantitative estimate of drug-likeness (QED) is 0.749. The number of carbonyl (C=O) groups is 1. The van der Waals surface area contributed by atoms with Crippen molar-refractivity contribution in [2.24, 2.45) is 5.92 Å². The van der Waals surface area contributed by atoms with Crippen molar-refractivity contribution in [2.45, 2.75) is 32.6 Å². The molecule has 1 amide bonds. The highest BCUT2D eigenvalue weighted by Crippen LogP contribution is 2.27. The molecule has 1 fully saturated rings. The van der Waals surface area contributed by atoms with Gasteiger partial charge in [-0.05, 0) is 49.3 Å². The molecule has 0 aromatic heterocycles. The lowest BCUT2D eigenvalue weighted by molar-refractivity contribution is -0.120. The van der Waals surface area contributed by atoms with Gasteiger partial charge in [0.05, 0.1) is 6.54 Å². The average molecular weight is 260 g/mol. The standard InChI is InChI=1S/C16H24N2O/c1-2-13-3-5-14(6-4-13)9-10-18-16(19)12-17-11-15-7-8-15/h3-6,15,17H,2,7-12H2,1H3,(H,18,19). The molecule has 0 radical (unpaired) electrons. The summed E-state index contributed by atoms with van der Waals surface area (Å²) in [4.78, 5) is 11.6. The van der Waals surface area contributed by atoms with Crippen molar-refractivity contribution in [1.29, 1.82) is 0 Å². The fourth-order valence-corrected chi connectivity index (χ4v) is 2.06. The monoisotopic (exact) mass is 260 g/mol. The summed E-state index contributed by atoms with van der Waals surface area (Å²) in [6.07, 6.45) is 4.62. The maximum Gasteiger partial charge on any atom is 0.233 e. The van der Waals surface area contributed by atoms with Crippen LogP contribution in [0.2, 0.25) is 0 Å². The second-order valence-corrected chi connectivity index (χ2v) is 5.34. The second kappa shape index (κ2) is 7.29. The van der Waals surface area contributed by atoms with Gasteiger partial charge >= 0.3 is 0 Å². The van der Waals surface area contributed by atoms with Crippen LogP contribution in [0.25, 0.3) is 0 Å². The summed E-state index contributed by atoms with van der Waals surface area (Å²) < 4.78 is 0. The largest absolute Gasteiger partial charge is 0.355 e. The van der Waals surface area contributed by atoms with E-state index in [1.54, 1.807) is 0 Å². The Labute approximate surface area is 115 Å². The molecule has 0 aliphatic heterocycles. The molecule has 1 aromatic rings. The van der Waals surface area contributed by atoms with E-state index in [1.807, 2.05) is 0 Å². The Morgan fingerprint density at radius 3 is 2.53 bits per heavy atom. The van der Waals surface area contributed by atoms with Gasteiger partial charge in [0, 0.05) is 6.54 Å². The van der Waals surface area contributed by atoms with Crippen molar-refractivity contribution in [3.63, 3.8) is 0 Å². The number of hydrogen-bond acceptors (Lipinski definition) is 2. The molecule has 1 aromatic carbocycles. The molecule has 0 spiro atoms. The number of amides is 1. The Balaban J connectivity index is 1.57. The van der Waals surface area contributed by atoms with E-state index in [9.17, 15) is 4.79 Å². The first-order valence-electron chi connectivity index (χ1n) is 7.33. The Kier molecular flexibility index (Phi) is 5.40. The average Bonchev–Trinajstić information content (AvgIpc) is 3.24. The first-order valence-corrected chi connectivity index (χ1v) is 7.33. The molecule has 0 heterocycles. The van der Waals surface area contributed by atoms with Gasteiger partial charge in [0.15, 0.2) is 0 Å². The van der Waals surface area contributed by atoms with Crippen LogP contribution in [-0.2, 0) is 17.6 Å². The van der Waals surface area contributed by atoms with E-state index in [-0.39, 0.29) is 5.91 Å². The zero-order chi connectivity index (χ0) is 13.5. The van der Waals surface area contributed by atoms with Crippen molar-refractivity contribution in [1.82, 2.24) is 10.6 Å². The van der Waals surface area contributed by atoms with Crippen LogP contribution < -0.4 is 10.6 Å². The Morgan fingerprint density at radius 2 is 1.89 bits per heavy atom. The van der Waals surface area contributed by atoms with Crippen LogP contribution in [0.3, 0.4) is 0 Å². The normalized spacial score (nSPS) is 14.4. The van der Waals surface area contributed by atoms with Crippen LogP contribution in [-0.4, -0.2) is 25.5 Å². The summed E-state index contributed by atoms with van der Waals surface area (Å²) in [6, 6.07) is 8.62. The van der Waals surface area contributed by atoms with Gasteiger partial charge in [0.2, 0.25) is 5.91 Å². The molecule has 0 bridgehead atoms. The molecule has 1 aliphatic rings. The molecular weight excluding hydrogens is 236 g/mol. The number of rotatable bonds is 8. The maximum atomic E-state index is 11.6. The SMILES string of the molecule is CCc1ccc(CCNC(=O)CNCC2CC2)cc1. The molecule has 1 aliphatic carbocycles. The number of nitrogens with one attached hydrogen (secondary N) is 2. The van der Waals surface area contributed by atoms with Gasteiger partial charge in [0.1, 0.15) is 0 Å². The Morgan fingerprint density at radius 1 is 1.21 bits per heavy atom. The maximum absolute atomic E-state index is 11.6. The van der Waals surface area contributed by atoms with E-state index in [0.29, 0.717) is 6.54 Å². The lowest BCUT2D eigenvalue weighted by Gasteiger charge is -2.07. The van der Waals surface area contributed by atoms with E-state index in [4.69, 9.17) is 0 Å². The summed E-state index contributed by atoms with van der Waals surface area (Å²) in [5, 5.41) is 6.15. The number of hydrogen-bond donors (Lipinski definition) is 2. The van der Waals surface area contributed by atoms with E-state index in [1.165, 1.54) is 24.0 Å². The zero-order valence-corrected chi connectivity index (χ0v) is 11.7.